The minimum Gasteiger partial charge on any atom is -0.439 e. The smallest absolute Gasteiger partial charge is 0.221 e. The third kappa shape index (κ3) is 3.15. The molecular formula is C15H21N3O. The summed E-state index contributed by atoms with van der Waals surface area (Å²) in [6.45, 7) is 4.09. The molecule has 4 heteroatoms. The fourth-order valence-electron chi connectivity index (χ4n) is 2.05. The number of hydrogen-bond donors (Lipinski definition) is 1. The SMILES string of the molecule is CCC(N)Cc1c(C)nn(C)c1Oc1ccccc1. The normalized spacial score (nSPS) is 12.4. The highest BCUT2D eigenvalue weighted by atomic mass is 16.5. The van der Waals surface area contributed by atoms with Crippen LogP contribution in [0.15, 0.2) is 30.3 Å². The molecule has 1 atom stereocenters. The number of para-hydroxylation sites is 1. The summed E-state index contributed by atoms with van der Waals surface area (Å²) < 4.78 is 7.73. The number of hydrogen-bond acceptors (Lipinski definition) is 3. The van der Waals surface area contributed by atoms with Crippen LogP contribution in [0.3, 0.4) is 0 Å². The molecule has 2 aromatic rings. The highest BCUT2D eigenvalue weighted by Gasteiger charge is 2.17. The lowest BCUT2D eigenvalue weighted by Gasteiger charge is -2.11. The summed E-state index contributed by atoms with van der Waals surface area (Å²) in [5.41, 5.74) is 8.13. The average molecular weight is 259 g/mol. The van der Waals surface area contributed by atoms with Crippen molar-refractivity contribution in [3.8, 4) is 11.6 Å². The van der Waals surface area contributed by atoms with Crippen molar-refractivity contribution < 1.29 is 4.74 Å². The lowest BCUT2D eigenvalue weighted by molar-refractivity contribution is 0.423. The largest absolute Gasteiger partial charge is 0.439 e. The monoisotopic (exact) mass is 259 g/mol. The fraction of sp³-hybridized carbons (Fsp3) is 0.400. The first-order chi connectivity index (χ1) is 9.11. The fourth-order valence-corrected chi connectivity index (χ4v) is 2.05. The topological polar surface area (TPSA) is 53.1 Å². The van der Waals surface area contributed by atoms with E-state index in [4.69, 9.17) is 10.5 Å². The number of ether oxygens (including phenoxy) is 1. The van der Waals surface area contributed by atoms with Crippen molar-refractivity contribution in [1.29, 1.82) is 0 Å². The molecule has 1 aromatic heterocycles. The van der Waals surface area contributed by atoms with Crippen LogP contribution in [0.2, 0.25) is 0 Å². The van der Waals surface area contributed by atoms with Gasteiger partial charge in [0.15, 0.2) is 0 Å². The minimum absolute atomic E-state index is 0.140. The Bertz CT molecular complexity index is 534. The molecule has 0 aliphatic rings. The van der Waals surface area contributed by atoms with Gasteiger partial charge in [0.1, 0.15) is 5.75 Å². The first kappa shape index (κ1) is 13.6. The van der Waals surface area contributed by atoms with Gasteiger partial charge in [-0.1, -0.05) is 25.1 Å². The molecule has 0 radical (unpaired) electrons. The summed E-state index contributed by atoms with van der Waals surface area (Å²) in [5.74, 6) is 1.60. The lowest BCUT2D eigenvalue weighted by atomic mass is 10.1. The number of nitrogens with two attached hydrogens (primary N) is 1. The van der Waals surface area contributed by atoms with Crippen LogP contribution in [0.1, 0.15) is 24.6 Å². The molecule has 2 rings (SSSR count). The van der Waals surface area contributed by atoms with Gasteiger partial charge in [0.05, 0.1) is 5.69 Å². The highest BCUT2D eigenvalue weighted by molar-refractivity contribution is 5.36. The Morgan fingerprint density at radius 3 is 2.63 bits per heavy atom. The van der Waals surface area contributed by atoms with Crippen LogP contribution in [0, 0.1) is 6.92 Å². The quantitative estimate of drug-likeness (QED) is 0.898. The van der Waals surface area contributed by atoms with Crippen molar-refractivity contribution in [1.82, 2.24) is 9.78 Å². The molecule has 0 bridgehead atoms. The van der Waals surface area contributed by atoms with Crippen molar-refractivity contribution in [3.63, 3.8) is 0 Å². The molecule has 1 unspecified atom stereocenters. The Balaban J connectivity index is 2.28. The first-order valence-electron chi connectivity index (χ1n) is 6.62. The zero-order valence-corrected chi connectivity index (χ0v) is 11.8. The maximum Gasteiger partial charge on any atom is 0.221 e. The molecule has 102 valence electrons. The Morgan fingerprint density at radius 2 is 2.00 bits per heavy atom. The molecule has 2 N–H and O–H groups in total. The molecule has 1 heterocycles. The van der Waals surface area contributed by atoms with E-state index >= 15 is 0 Å². The zero-order chi connectivity index (χ0) is 13.8. The predicted molar refractivity (Wildman–Crippen MR) is 76.4 cm³/mol. The third-order valence-corrected chi connectivity index (χ3v) is 3.24. The maximum absolute atomic E-state index is 6.05. The number of rotatable bonds is 5. The van der Waals surface area contributed by atoms with Crippen molar-refractivity contribution in [2.24, 2.45) is 12.8 Å². The zero-order valence-electron chi connectivity index (χ0n) is 11.8. The summed E-state index contributed by atoms with van der Waals surface area (Å²) in [6, 6.07) is 9.89. The van der Waals surface area contributed by atoms with E-state index in [2.05, 4.69) is 12.0 Å². The van der Waals surface area contributed by atoms with Crippen LogP contribution in [-0.2, 0) is 13.5 Å². The lowest BCUT2D eigenvalue weighted by Crippen LogP contribution is -2.21. The second-order valence-electron chi connectivity index (χ2n) is 4.78. The molecule has 0 fully saturated rings. The summed E-state index contributed by atoms with van der Waals surface area (Å²) in [4.78, 5) is 0. The standard InChI is InChI=1S/C15H21N3O/c1-4-12(16)10-14-11(2)17-18(3)15(14)19-13-8-6-5-7-9-13/h5-9,12H,4,10,16H2,1-3H3. The Morgan fingerprint density at radius 1 is 1.32 bits per heavy atom. The first-order valence-corrected chi connectivity index (χ1v) is 6.62. The second-order valence-corrected chi connectivity index (χ2v) is 4.78. The van der Waals surface area contributed by atoms with Gasteiger partial charge in [0.25, 0.3) is 0 Å². The third-order valence-electron chi connectivity index (χ3n) is 3.24. The van der Waals surface area contributed by atoms with Crippen LogP contribution in [0.25, 0.3) is 0 Å². The minimum atomic E-state index is 0.140. The van der Waals surface area contributed by atoms with E-state index in [1.807, 2.05) is 44.3 Å². The van der Waals surface area contributed by atoms with Gasteiger partial charge in [-0.15, -0.1) is 0 Å². The average Bonchev–Trinajstić information content (AvgIpc) is 2.67. The molecule has 19 heavy (non-hydrogen) atoms. The Hall–Kier alpha value is -1.81. The Kier molecular flexibility index (Phi) is 4.22. The molecule has 1 aromatic carbocycles. The molecule has 0 amide bonds. The van der Waals surface area contributed by atoms with E-state index in [0.29, 0.717) is 0 Å². The summed E-state index contributed by atoms with van der Waals surface area (Å²) in [6.07, 6.45) is 1.73. The molecule has 4 nitrogen and oxygen atoms in total. The molecule has 0 aliphatic heterocycles. The van der Waals surface area contributed by atoms with Gasteiger partial charge in [0.2, 0.25) is 5.88 Å². The van der Waals surface area contributed by atoms with E-state index < -0.39 is 0 Å². The van der Waals surface area contributed by atoms with Crippen molar-refractivity contribution in [2.45, 2.75) is 32.7 Å². The van der Waals surface area contributed by atoms with E-state index in [1.165, 1.54) is 0 Å². The predicted octanol–water partition coefficient (Wildman–Crippen LogP) is 2.80. The van der Waals surface area contributed by atoms with E-state index in [9.17, 15) is 0 Å². The number of aryl methyl sites for hydroxylation is 2. The van der Waals surface area contributed by atoms with Gasteiger partial charge in [-0.05, 0) is 31.9 Å². The summed E-state index contributed by atoms with van der Waals surface area (Å²) in [7, 11) is 1.90. The number of nitrogens with zero attached hydrogens (tertiary/aromatic N) is 2. The van der Waals surface area contributed by atoms with Crippen LogP contribution in [0.4, 0.5) is 0 Å². The molecular weight excluding hydrogens is 238 g/mol. The van der Waals surface area contributed by atoms with Gasteiger partial charge in [-0.25, -0.2) is 4.68 Å². The maximum atomic E-state index is 6.05. The molecule has 0 aliphatic carbocycles. The van der Waals surface area contributed by atoms with Crippen molar-refractivity contribution in [3.05, 3.63) is 41.6 Å². The number of aromatic nitrogens is 2. The highest BCUT2D eigenvalue weighted by Crippen LogP contribution is 2.28. The van der Waals surface area contributed by atoms with Crippen molar-refractivity contribution in [2.75, 3.05) is 0 Å². The van der Waals surface area contributed by atoms with E-state index in [0.717, 1.165) is 35.7 Å². The molecule has 0 saturated carbocycles. The van der Waals surface area contributed by atoms with Gasteiger partial charge in [-0.3, -0.25) is 0 Å². The molecule has 0 saturated heterocycles. The van der Waals surface area contributed by atoms with Crippen LogP contribution in [0.5, 0.6) is 11.6 Å². The van der Waals surface area contributed by atoms with E-state index in [-0.39, 0.29) is 6.04 Å². The summed E-state index contributed by atoms with van der Waals surface area (Å²) in [5, 5.41) is 4.43. The number of benzene rings is 1. The molecule has 0 spiro atoms. The van der Waals surface area contributed by atoms with E-state index in [1.54, 1.807) is 4.68 Å². The summed E-state index contributed by atoms with van der Waals surface area (Å²) >= 11 is 0. The Labute approximate surface area is 114 Å². The van der Waals surface area contributed by atoms with Gasteiger partial charge in [0, 0.05) is 18.7 Å². The van der Waals surface area contributed by atoms with Gasteiger partial charge < -0.3 is 10.5 Å². The second kappa shape index (κ2) is 5.89. The van der Waals surface area contributed by atoms with Crippen LogP contribution in [-0.4, -0.2) is 15.8 Å². The van der Waals surface area contributed by atoms with Crippen LogP contribution >= 0.6 is 0 Å². The van der Waals surface area contributed by atoms with Gasteiger partial charge >= 0.3 is 0 Å². The van der Waals surface area contributed by atoms with Crippen molar-refractivity contribution >= 4 is 0 Å². The van der Waals surface area contributed by atoms with Gasteiger partial charge in [-0.2, -0.15) is 5.10 Å². The van der Waals surface area contributed by atoms with Crippen LogP contribution < -0.4 is 10.5 Å².